The molecule has 6 nitrogen and oxygen atoms in total. The van der Waals surface area contributed by atoms with Crippen LogP contribution in [0.4, 0.5) is 0 Å². The summed E-state index contributed by atoms with van der Waals surface area (Å²) in [6.45, 7) is -0.0710. The molecule has 0 saturated carbocycles. The molecule has 0 aromatic heterocycles. The Morgan fingerprint density at radius 2 is 0.893 bits per heavy atom. The standard InChI is InChI=1S/C22H28O6/c1-4-7-10-13-20(23)26-16-19(17-27-21(24)14-11-8-5-2)18-28-22(25)15-12-9-6-3/h1-3,19H,7-18H2. The molecular weight excluding hydrogens is 360 g/mol. The molecule has 0 aliphatic carbocycles. The van der Waals surface area contributed by atoms with Crippen LogP contribution in [0.2, 0.25) is 0 Å². The summed E-state index contributed by atoms with van der Waals surface area (Å²) in [5, 5.41) is 0. The van der Waals surface area contributed by atoms with Crippen molar-refractivity contribution >= 4 is 17.9 Å². The first-order chi connectivity index (χ1) is 13.5. The van der Waals surface area contributed by atoms with Crippen molar-refractivity contribution in [1.82, 2.24) is 0 Å². The largest absolute Gasteiger partial charge is 0.465 e. The van der Waals surface area contributed by atoms with Crippen molar-refractivity contribution in [2.45, 2.75) is 57.8 Å². The number of terminal acetylenes is 3. The number of carbonyl (C=O) groups is 3. The van der Waals surface area contributed by atoms with Crippen LogP contribution >= 0.6 is 0 Å². The maximum atomic E-state index is 11.7. The Kier molecular flexibility index (Phi) is 15.7. The number of carbonyl (C=O) groups excluding carboxylic acids is 3. The van der Waals surface area contributed by atoms with E-state index < -0.39 is 23.8 Å². The summed E-state index contributed by atoms with van der Waals surface area (Å²) in [6, 6.07) is 0. The molecule has 152 valence electrons. The lowest BCUT2D eigenvalue weighted by Crippen LogP contribution is -2.26. The predicted octanol–water partition coefficient (Wildman–Crippen LogP) is 2.64. The van der Waals surface area contributed by atoms with Gasteiger partial charge in [-0.15, -0.1) is 37.0 Å². The first kappa shape index (κ1) is 25.1. The highest BCUT2D eigenvalue weighted by Crippen LogP contribution is 2.07. The fraction of sp³-hybridized carbons (Fsp3) is 0.591. The smallest absolute Gasteiger partial charge is 0.305 e. The summed E-state index contributed by atoms with van der Waals surface area (Å²) in [7, 11) is 0. The highest BCUT2D eigenvalue weighted by Gasteiger charge is 2.17. The van der Waals surface area contributed by atoms with E-state index in [-0.39, 0.29) is 39.1 Å². The third-order valence-electron chi connectivity index (χ3n) is 3.55. The number of esters is 3. The first-order valence-corrected chi connectivity index (χ1v) is 9.30. The summed E-state index contributed by atoms with van der Waals surface area (Å²) in [5.41, 5.74) is 0. The number of unbranched alkanes of at least 4 members (excludes halogenated alkanes) is 3. The predicted molar refractivity (Wildman–Crippen MR) is 104 cm³/mol. The zero-order valence-corrected chi connectivity index (χ0v) is 16.2. The number of hydrogen-bond acceptors (Lipinski definition) is 6. The van der Waals surface area contributed by atoms with Gasteiger partial charge in [-0.05, 0) is 19.3 Å². The van der Waals surface area contributed by atoms with E-state index in [1.165, 1.54) is 0 Å². The van der Waals surface area contributed by atoms with Gasteiger partial charge in [0.05, 0.1) is 5.92 Å². The van der Waals surface area contributed by atoms with Gasteiger partial charge >= 0.3 is 17.9 Å². The topological polar surface area (TPSA) is 78.9 Å². The van der Waals surface area contributed by atoms with E-state index in [1.54, 1.807) is 0 Å². The first-order valence-electron chi connectivity index (χ1n) is 9.30. The molecule has 0 amide bonds. The average molecular weight is 388 g/mol. The molecule has 0 aliphatic heterocycles. The van der Waals surface area contributed by atoms with Crippen molar-refractivity contribution in [1.29, 1.82) is 0 Å². The quantitative estimate of drug-likeness (QED) is 0.186. The summed E-state index contributed by atoms with van der Waals surface area (Å²) in [5.74, 6) is 5.68. The number of rotatable bonds is 15. The van der Waals surface area contributed by atoms with Crippen LogP contribution in [0.15, 0.2) is 0 Å². The number of ether oxygens (including phenoxy) is 3. The van der Waals surface area contributed by atoms with E-state index in [9.17, 15) is 14.4 Å². The zero-order chi connectivity index (χ0) is 21.0. The Labute approximate surface area is 167 Å². The minimum atomic E-state index is -0.454. The lowest BCUT2D eigenvalue weighted by atomic mass is 10.2. The highest BCUT2D eigenvalue weighted by atomic mass is 16.6. The van der Waals surface area contributed by atoms with Gasteiger partial charge in [-0.3, -0.25) is 14.4 Å². The van der Waals surface area contributed by atoms with E-state index in [0.717, 1.165) is 0 Å². The van der Waals surface area contributed by atoms with Gasteiger partial charge < -0.3 is 14.2 Å². The van der Waals surface area contributed by atoms with Crippen molar-refractivity contribution in [3.8, 4) is 37.0 Å². The van der Waals surface area contributed by atoms with Gasteiger partial charge in [0, 0.05) is 38.5 Å². The normalized spacial score (nSPS) is 9.64. The molecule has 6 heteroatoms. The SMILES string of the molecule is C#CCCCC(=O)OCC(COC(=O)CCCC#C)COC(=O)CCCC#C. The van der Waals surface area contributed by atoms with Gasteiger partial charge in [0.25, 0.3) is 0 Å². The van der Waals surface area contributed by atoms with Crippen molar-refractivity contribution in [3.05, 3.63) is 0 Å². The minimum absolute atomic E-state index is 0.0237. The van der Waals surface area contributed by atoms with Gasteiger partial charge in [-0.2, -0.15) is 0 Å². The Bertz CT molecular complexity index is 516. The van der Waals surface area contributed by atoms with E-state index in [1.807, 2.05) is 0 Å². The van der Waals surface area contributed by atoms with E-state index in [4.69, 9.17) is 33.5 Å². The highest BCUT2D eigenvalue weighted by molar-refractivity contribution is 5.70. The molecule has 0 aromatic rings. The fourth-order valence-electron chi connectivity index (χ4n) is 2.00. The van der Waals surface area contributed by atoms with Crippen molar-refractivity contribution in [2.75, 3.05) is 19.8 Å². The molecule has 0 spiro atoms. The molecule has 0 N–H and O–H groups in total. The van der Waals surface area contributed by atoms with Crippen LogP contribution in [0.3, 0.4) is 0 Å². The van der Waals surface area contributed by atoms with Crippen LogP contribution in [0.5, 0.6) is 0 Å². The Morgan fingerprint density at radius 1 is 0.607 bits per heavy atom. The molecule has 0 unspecified atom stereocenters. The van der Waals surface area contributed by atoms with Crippen LogP contribution in [-0.2, 0) is 28.6 Å². The fourth-order valence-corrected chi connectivity index (χ4v) is 2.00. The summed E-state index contributed by atoms with van der Waals surface area (Å²) < 4.78 is 15.5. The van der Waals surface area contributed by atoms with Crippen molar-refractivity contribution in [2.24, 2.45) is 5.92 Å². The molecule has 0 saturated heterocycles. The van der Waals surface area contributed by atoms with Gasteiger partial charge in [0.1, 0.15) is 19.8 Å². The van der Waals surface area contributed by atoms with Gasteiger partial charge in [0.15, 0.2) is 0 Å². The number of hydrogen-bond donors (Lipinski definition) is 0. The van der Waals surface area contributed by atoms with E-state index in [0.29, 0.717) is 38.5 Å². The van der Waals surface area contributed by atoms with Crippen molar-refractivity contribution < 1.29 is 28.6 Å². The molecule has 0 fully saturated rings. The lowest BCUT2D eigenvalue weighted by Gasteiger charge is -2.17. The second-order valence-corrected chi connectivity index (χ2v) is 6.09. The molecular formula is C22H28O6. The Hall–Kier alpha value is -2.91. The van der Waals surface area contributed by atoms with Gasteiger partial charge in [-0.25, -0.2) is 0 Å². The third-order valence-corrected chi connectivity index (χ3v) is 3.55. The third kappa shape index (κ3) is 15.4. The van der Waals surface area contributed by atoms with Crippen LogP contribution in [0.25, 0.3) is 0 Å². The van der Waals surface area contributed by atoms with E-state index in [2.05, 4.69) is 17.8 Å². The minimum Gasteiger partial charge on any atom is -0.465 e. The lowest BCUT2D eigenvalue weighted by molar-refractivity contribution is -0.153. The van der Waals surface area contributed by atoms with E-state index >= 15 is 0 Å². The van der Waals surface area contributed by atoms with Crippen LogP contribution in [0.1, 0.15) is 57.8 Å². The molecule has 0 aromatic carbocycles. The van der Waals surface area contributed by atoms with Crippen LogP contribution < -0.4 is 0 Å². The van der Waals surface area contributed by atoms with Crippen LogP contribution in [0, 0.1) is 42.9 Å². The Morgan fingerprint density at radius 3 is 1.14 bits per heavy atom. The summed E-state index contributed by atoms with van der Waals surface area (Å²) in [4.78, 5) is 35.1. The van der Waals surface area contributed by atoms with Crippen LogP contribution in [-0.4, -0.2) is 37.7 Å². The molecule has 0 atom stereocenters. The molecule has 0 radical (unpaired) electrons. The maximum absolute atomic E-state index is 11.7. The second kappa shape index (κ2) is 17.5. The monoisotopic (exact) mass is 388 g/mol. The van der Waals surface area contributed by atoms with Gasteiger partial charge in [-0.1, -0.05) is 0 Å². The molecule has 0 rings (SSSR count). The summed E-state index contributed by atoms with van der Waals surface area (Å²) >= 11 is 0. The Balaban J connectivity index is 4.40. The maximum Gasteiger partial charge on any atom is 0.305 e. The molecule has 0 aliphatic rings. The molecule has 0 bridgehead atoms. The van der Waals surface area contributed by atoms with Crippen molar-refractivity contribution in [3.63, 3.8) is 0 Å². The second-order valence-electron chi connectivity index (χ2n) is 6.09. The molecule has 0 heterocycles. The average Bonchev–Trinajstić information content (AvgIpc) is 2.68. The molecule has 28 heavy (non-hydrogen) atoms. The summed E-state index contributed by atoms with van der Waals surface area (Å²) in [6.07, 6.45) is 19.1. The zero-order valence-electron chi connectivity index (χ0n) is 16.2. The van der Waals surface area contributed by atoms with Gasteiger partial charge in [0.2, 0.25) is 0 Å².